The molecule has 7 nitrogen and oxygen atoms in total. The Morgan fingerprint density at radius 3 is 2.66 bits per heavy atom. The van der Waals surface area contributed by atoms with E-state index in [0.29, 0.717) is 17.7 Å². The van der Waals surface area contributed by atoms with Gasteiger partial charge in [0.25, 0.3) is 5.91 Å². The summed E-state index contributed by atoms with van der Waals surface area (Å²) in [6.45, 7) is 4.07. The van der Waals surface area contributed by atoms with Crippen molar-refractivity contribution in [2.24, 2.45) is 5.73 Å². The monoisotopic (exact) mass is 413 g/mol. The number of nitrogens with two attached hydrogens (primary N) is 1. The molecule has 1 fully saturated rings. The summed E-state index contributed by atoms with van der Waals surface area (Å²) in [6.07, 6.45) is 4.26. The van der Waals surface area contributed by atoms with Gasteiger partial charge in [0.1, 0.15) is 5.01 Å². The number of hydrogen-bond donors (Lipinski definition) is 3. The van der Waals surface area contributed by atoms with E-state index in [9.17, 15) is 4.79 Å². The fourth-order valence-electron chi connectivity index (χ4n) is 3.42. The molecule has 0 unspecified atom stereocenters. The van der Waals surface area contributed by atoms with E-state index >= 15 is 0 Å². The van der Waals surface area contributed by atoms with Gasteiger partial charge in [-0.3, -0.25) is 15.6 Å². The number of aromatic nitrogens is 1. The molecular weight excluding hydrogens is 386 g/mol. The van der Waals surface area contributed by atoms with Crippen molar-refractivity contribution in [3.05, 3.63) is 51.5 Å². The summed E-state index contributed by atoms with van der Waals surface area (Å²) in [6, 6.07) is 6.44. The highest BCUT2D eigenvalue weighted by Gasteiger charge is 2.28. The van der Waals surface area contributed by atoms with Crippen molar-refractivity contribution >= 4 is 29.0 Å². The Balaban J connectivity index is 1.81. The van der Waals surface area contributed by atoms with Crippen molar-refractivity contribution in [1.82, 2.24) is 9.88 Å². The number of carbonyl (C=O) groups excluding carboxylic acids is 1. The van der Waals surface area contributed by atoms with Gasteiger partial charge in [-0.2, -0.15) is 0 Å². The van der Waals surface area contributed by atoms with E-state index in [0.717, 1.165) is 36.4 Å². The molecule has 0 spiro atoms. The molecule has 0 radical (unpaired) electrons. The zero-order valence-electron chi connectivity index (χ0n) is 16.8. The van der Waals surface area contributed by atoms with Gasteiger partial charge in [-0.05, 0) is 44.9 Å². The van der Waals surface area contributed by atoms with Crippen LogP contribution in [-0.2, 0) is 11.3 Å². The van der Waals surface area contributed by atoms with Gasteiger partial charge in [-0.1, -0.05) is 18.9 Å². The lowest BCUT2D eigenvalue weighted by Gasteiger charge is -2.28. The lowest BCUT2D eigenvalue weighted by molar-refractivity contribution is 0.0664. The van der Waals surface area contributed by atoms with Crippen molar-refractivity contribution in [1.29, 1.82) is 10.8 Å². The maximum absolute atomic E-state index is 13.4. The van der Waals surface area contributed by atoms with Gasteiger partial charge in [0.15, 0.2) is 0 Å². The van der Waals surface area contributed by atoms with Crippen LogP contribution in [0.1, 0.15) is 59.2 Å². The zero-order chi connectivity index (χ0) is 21.0. The number of nitrogens with zero attached hydrogens (tertiary/aromatic N) is 2. The molecule has 0 bridgehead atoms. The highest BCUT2D eigenvalue weighted by atomic mass is 32.1. The van der Waals surface area contributed by atoms with Crippen LogP contribution in [0.15, 0.2) is 29.6 Å². The second-order valence-electron chi connectivity index (χ2n) is 7.42. The van der Waals surface area contributed by atoms with Crippen LogP contribution >= 0.6 is 11.3 Å². The average molecular weight is 414 g/mol. The molecule has 2 aromatic rings. The molecule has 1 aliphatic carbocycles. The molecule has 1 heterocycles. The van der Waals surface area contributed by atoms with Crippen LogP contribution < -0.4 is 5.73 Å². The minimum absolute atomic E-state index is 0.0679. The van der Waals surface area contributed by atoms with Crippen molar-refractivity contribution in [2.75, 3.05) is 0 Å². The first-order chi connectivity index (χ1) is 13.8. The van der Waals surface area contributed by atoms with E-state index in [1.165, 1.54) is 0 Å². The van der Waals surface area contributed by atoms with Gasteiger partial charge >= 0.3 is 0 Å². The summed E-state index contributed by atoms with van der Waals surface area (Å²) in [5.74, 6) is -0.440. The summed E-state index contributed by atoms with van der Waals surface area (Å²) in [5.41, 5.74) is 7.52. The Bertz CT molecular complexity index is 902. The molecule has 1 aromatic carbocycles. The van der Waals surface area contributed by atoms with E-state index < -0.39 is 6.04 Å². The van der Waals surface area contributed by atoms with Gasteiger partial charge in [-0.25, -0.2) is 4.98 Å². The van der Waals surface area contributed by atoms with Crippen LogP contribution in [-0.4, -0.2) is 39.7 Å². The predicted molar refractivity (Wildman–Crippen MR) is 115 cm³/mol. The summed E-state index contributed by atoms with van der Waals surface area (Å²) >= 11 is 1.57. The molecule has 154 valence electrons. The van der Waals surface area contributed by atoms with Gasteiger partial charge in [0.2, 0.25) is 11.8 Å². The summed E-state index contributed by atoms with van der Waals surface area (Å²) < 4.78 is 5.20. The molecule has 1 atom stereocenters. The predicted octanol–water partition coefficient (Wildman–Crippen LogP) is 3.70. The SMILES string of the molecule is Cc1csc(CN(C(=O)c2cccc(C(=N)OC(=N)[C@H](C)N)c2)C2CCCC2)n1. The number of ether oxygens (including phenoxy) is 1. The van der Waals surface area contributed by atoms with E-state index in [2.05, 4.69) is 4.98 Å². The van der Waals surface area contributed by atoms with Crippen LogP contribution in [0.25, 0.3) is 0 Å². The highest BCUT2D eigenvalue weighted by molar-refractivity contribution is 7.09. The Morgan fingerprint density at radius 1 is 1.34 bits per heavy atom. The first kappa shape index (κ1) is 21.1. The minimum atomic E-state index is -0.597. The van der Waals surface area contributed by atoms with E-state index in [4.69, 9.17) is 21.3 Å². The summed E-state index contributed by atoms with van der Waals surface area (Å²) in [5, 5.41) is 18.7. The number of amides is 1. The Kier molecular flexibility index (Phi) is 6.76. The van der Waals surface area contributed by atoms with Crippen molar-refractivity contribution < 1.29 is 9.53 Å². The van der Waals surface area contributed by atoms with E-state index in [-0.39, 0.29) is 23.7 Å². The average Bonchev–Trinajstić information content (AvgIpc) is 3.37. The first-order valence-electron chi connectivity index (χ1n) is 9.78. The molecule has 1 amide bonds. The van der Waals surface area contributed by atoms with Crippen LogP contribution in [0.3, 0.4) is 0 Å². The third-order valence-electron chi connectivity index (χ3n) is 5.00. The van der Waals surface area contributed by atoms with Gasteiger partial charge < -0.3 is 15.4 Å². The number of carbonyl (C=O) groups is 1. The fraction of sp³-hybridized carbons (Fsp3) is 0.429. The number of aryl methyl sites for hydroxylation is 1. The fourth-order valence-corrected chi connectivity index (χ4v) is 4.19. The molecular formula is C21H27N5O2S. The molecule has 1 saturated carbocycles. The second kappa shape index (κ2) is 9.28. The largest absolute Gasteiger partial charge is 0.424 e. The Hall–Kier alpha value is -2.58. The van der Waals surface area contributed by atoms with Gasteiger partial charge in [0.05, 0.1) is 12.6 Å². The van der Waals surface area contributed by atoms with Crippen LogP contribution in [0, 0.1) is 17.7 Å². The standard InChI is InChI=1S/C21H27N5O2S/c1-13-12-29-18(25-13)11-26(17-8-3-4-9-17)21(27)16-7-5-6-15(10-16)20(24)28-19(23)14(2)22/h5-7,10,12,14,17,23-24H,3-4,8-9,11,22H2,1-2H3/t14-/m0/s1. The normalized spacial score (nSPS) is 15.1. The Labute approximate surface area is 174 Å². The summed E-state index contributed by atoms with van der Waals surface area (Å²) in [7, 11) is 0. The molecule has 4 N–H and O–H groups in total. The number of rotatable bonds is 6. The van der Waals surface area contributed by atoms with Gasteiger partial charge in [-0.15, -0.1) is 11.3 Å². The molecule has 0 aliphatic heterocycles. The maximum atomic E-state index is 13.4. The molecule has 8 heteroatoms. The second-order valence-corrected chi connectivity index (χ2v) is 8.36. The number of thiazole rings is 1. The molecule has 3 rings (SSSR count). The van der Waals surface area contributed by atoms with E-state index in [1.54, 1.807) is 42.5 Å². The lowest BCUT2D eigenvalue weighted by atomic mass is 10.1. The first-order valence-corrected chi connectivity index (χ1v) is 10.7. The highest BCUT2D eigenvalue weighted by Crippen LogP contribution is 2.27. The smallest absolute Gasteiger partial charge is 0.254 e. The quantitative estimate of drug-likeness (QED) is 0.494. The molecule has 0 saturated heterocycles. The third kappa shape index (κ3) is 5.27. The zero-order valence-corrected chi connectivity index (χ0v) is 17.6. The minimum Gasteiger partial charge on any atom is -0.424 e. The Morgan fingerprint density at radius 2 is 2.03 bits per heavy atom. The number of nitrogens with one attached hydrogen (secondary N) is 2. The molecule has 1 aromatic heterocycles. The topological polar surface area (TPSA) is 116 Å². The van der Waals surface area contributed by atoms with Crippen molar-refractivity contribution in [2.45, 2.75) is 58.2 Å². The van der Waals surface area contributed by atoms with Crippen LogP contribution in [0.5, 0.6) is 0 Å². The molecule has 29 heavy (non-hydrogen) atoms. The van der Waals surface area contributed by atoms with Crippen LogP contribution in [0.2, 0.25) is 0 Å². The van der Waals surface area contributed by atoms with E-state index in [1.807, 2.05) is 17.2 Å². The van der Waals surface area contributed by atoms with Gasteiger partial charge in [0, 0.05) is 28.2 Å². The third-order valence-corrected chi connectivity index (χ3v) is 5.95. The van der Waals surface area contributed by atoms with Crippen molar-refractivity contribution in [3.63, 3.8) is 0 Å². The van der Waals surface area contributed by atoms with Crippen LogP contribution in [0.4, 0.5) is 0 Å². The molecule has 1 aliphatic rings. The summed E-state index contributed by atoms with van der Waals surface area (Å²) in [4.78, 5) is 19.8. The maximum Gasteiger partial charge on any atom is 0.254 e. The lowest BCUT2D eigenvalue weighted by Crippen LogP contribution is -2.38. The van der Waals surface area contributed by atoms with Crippen molar-refractivity contribution in [3.8, 4) is 0 Å². The number of benzene rings is 1. The number of hydrogen-bond acceptors (Lipinski definition) is 7.